The fourth-order valence-electron chi connectivity index (χ4n) is 2.93. The summed E-state index contributed by atoms with van der Waals surface area (Å²) in [5, 5.41) is 9.67. The summed E-state index contributed by atoms with van der Waals surface area (Å²) >= 11 is 0. The van der Waals surface area contributed by atoms with Crippen molar-refractivity contribution in [3.05, 3.63) is 78.1 Å². The molecule has 0 aliphatic carbocycles. The molecule has 3 rings (SSSR count). The van der Waals surface area contributed by atoms with Crippen LogP contribution in [0, 0.1) is 0 Å². The van der Waals surface area contributed by atoms with E-state index in [1.54, 1.807) is 12.3 Å². The second-order valence-electron chi connectivity index (χ2n) is 6.85. The van der Waals surface area contributed by atoms with Crippen molar-refractivity contribution in [2.45, 2.75) is 26.4 Å². The summed E-state index contributed by atoms with van der Waals surface area (Å²) in [6.07, 6.45) is 3.67. The maximum absolute atomic E-state index is 12.6. The van der Waals surface area contributed by atoms with Gasteiger partial charge in [-0.1, -0.05) is 42.5 Å². The van der Waals surface area contributed by atoms with Crippen LogP contribution in [0.4, 0.5) is 0 Å². The molecule has 0 radical (unpaired) electrons. The Labute approximate surface area is 164 Å². The van der Waals surface area contributed by atoms with Crippen LogP contribution < -0.4 is 10.6 Å². The first-order valence-electron chi connectivity index (χ1n) is 9.26. The average Bonchev–Trinajstić information content (AvgIpc) is 3.19. The molecule has 1 heterocycles. The highest BCUT2D eigenvalue weighted by Crippen LogP contribution is 2.24. The van der Waals surface area contributed by atoms with Gasteiger partial charge in [0.1, 0.15) is 0 Å². The van der Waals surface area contributed by atoms with E-state index in [0.29, 0.717) is 12.1 Å². The molecule has 0 aliphatic rings. The molecule has 144 valence electrons. The molecule has 0 spiro atoms. The molecule has 0 atom stereocenters. The lowest BCUT2D eigenvalue weighted by molar-refractivity contribution is -0.120. The number of nitrogens with one attached hydrogen (secondary N) is 2. The quantitative estimate of drug-likeness (QED) is 0.666. The molecule has 0 unspecified atom stereocenters. The summed E-state index contributed by atoms with van der Waals surface area (Å²) in [7, 11) is 0. The monoisotopic (exact) mass is 376 g/mol. The molecule has 0 aliphatic heterocycles. The van der Waals surface area contributed by atoms with Crippen LogP contribution in [-0.4, -0.2) is 34.2 Å². The molecule has 6 nitrogen and oxygen atoms in total. The summed E-state index contributed by atoms with van der Waals surface area (Å²) in [4.78, 5) is 24.4. The Morgan fingerprint density at radius 3 is 2.46 bits per heavy atom. The molecule has 6 heteroatoms. The van der Waals surface area contributed by atoms with Crippen LogP contribution >= 0.6 is 0 Å². The van der Waals surface area contributed by atoms with Gasteiger partial charge >= 0.3 is 0 Å². The van der Waals surface area contributed by atoms with Gasteiger partial charge in [0.15, 0.2) is 0 Å². The van der Waals surface area contributed by atoms with E-state index in [1.165, 1.54) is 0 Å². The molecular formula is C22H24N4O2. The van der Waals surface area contributed by atoms with Gasteiger partial charge in [0.05, 0.1) is 13.1 Å². The van der Waals surface area contributed by atoms with Crippen molar-refractivity contribution < 1.29 is 9.59 Å². The topological polar surface area (TPSA) is 76.0 Å². The van der Waals surface area contributed by atoms with Gasteiger partial charge in [0, 0.05) is 24.0 Å². The molecule has 2 amide bonds. The van der Waals surface area contributed by atoms with Crippen molar-refractivity contribution in [2.24, 2.45) is 0 Å². The highest BCUT2D eigenvalue weighted by atomic mass is 16.2. The van der Waals surface area contributed by atoms with Crippen LogP contribution in [0.2, 0.25) is 0 Å². The smallest absolute Gasteiger partial charge is 0.252 e. The zero-order valence-electron chi connectivity index (χ0n) is 16.1. The van der Waals surface area contributed by atoms with Gasteiger partial charge in [-0.15, -0.1) is 0 Å². The fourth-order valence-corrected chi connectivity index (χ4v) is 2.93. The van der Waals surface area contributed by atoms with Crippen LogP contribution in [0.15, 0.2) is 67.0 Å². The number of rotatable bonds is 7. The Morgan fingerprint density at radius 2 is 1.79 bits per heavy atom. The zero-order valence-corrected chi connectivity index (χ0v) is 16.1. The van der Waals surface area contributed by atoms with Crippen molar-refractivity contribution >= 4 is 11.8 Å². The van der Waals surface area contributed by atoms with Crippen LogP contribution in [0.3, 0.4) is 0 Å². The molecule has 0 fully saturated rings. The Kier molecular flexibility index (Phi) is 6.22. The molecule has 3 aromatic rings. The lowest BCUT2D eigenvalue weighted by Crippen LogP contribution is -2.39. The van der Waals surface area contributed by atoms with Crippen molar-refractivity contribution in [3.63, 3.8) is 0 Å². The predicted octanol–water partition coefficient (Wildman–Crippen LogP) is 2.85. The highest BCUT2D eigenvalue weighted by Gasteiger charge is 2.13. The Hall–Kier alpha value is -3.41. The van der Waals surface area contributed by atoms with E-state index >= 15 is 0 Å². The minimum atomic E-state index is -0.268. The number of benzene rings is 2. The van der Waals surface area contributed by atoms with E-state index in [9.17, 15) is 9.59 Å². The number of carbonyl (C=O) groups excluding carboxylic acids is 2. The molecule has 0 bridgehead atoms. The third-order valence-electron chi connectivity index (χ3n) is 4.20. The van der Waals surface area contributed by atoms with Crippen molar-refractivity contribution in [1.82, 2.24) is 20.4 Å². The van der Waals surface area contributed by atoms with Crippen LogP contribution in [0.5, 0.6) is 0 Å². The Bertz CT molecular complexity index is 931. The number of hydrogen-bond donors (Lipinski definition) is 2. The summed E-state index contributed by atoms with van der Waals surface area (Å²) in [6.45, 7) is 4.41. The minimum absolute atomic E-state index is 0.0388. The largest absolute Gasteiger partial charge is 0.352 e. The lowest BCUT2D eigenvalue weighted by atomic mass is 9.98. The maximum atomic E-state index is 12.6. The molecule has 2 N–H and O–H groups in total. The number of aromatic nitrogens is 2. The molecule has 0 saturated heterocycles. The second kappa shape index (κ2) is 8.99. The van der Waals surface area contributed by atoms with E-state index in [2.05, 4.69) is 15.7 Å². The maximum Gasteiger partial charge on any atom is 0.252 e. The Balaban J connectivity index is 1.72. The predicted molar refractivity (Wildman–Crippen MR) is 109 cm³/mol. The summed E-state index contributed by atoms with van der Waals surface area (Å²) in [5.41, 5.74) is 3.44. The van der Waals surface area contributed by atoms with Gasteiger partial charge in [0.25, 0.3) is 5.91 Å². The van der Waals surface area contributed by atoms with E-state index in [-0.39, 0.29) is 24.4 Å². The van der Waals surface area contributed by atoms with Gasteiger partial charge in [-0.3, -0.25) is 14.3 Å². The van der Waals surface area contributed by atoms with E-state index in [0.717, 1.165) is 16.7 Å². The van der Waals surface area contributed by atoms with Gasteiger partial charge in [-0.25, -0.2) is 0 Å². The standard InChI is InChI=1S/C22H24N4O2/c1-16(2)25-21(27)14-23-22(28)20-7-4-3-6-19(20)18-10-8-17(9-11-18)15-26-13-5-12-24-26/h3-13,16H,14-15H2,1-2H3,(H,23,28)(H,25,27). The fraction of sp³-hybridized carbons (Fsp3) is 0.227. The van der Waals surface area contributed by atoms with Crippen molar-refractivity contribution in [1.29, 1.82) is 0 Å². The molecule has 1 aromatic heterocycles. The highest BCUT2D eigenvalue weighted by molar-refractivity contribution is 6.02. The normalized spacial score (nSPS) is 10.7. The molecule has 28 heavy (non-hydrogen) atoms. The molecule has 0 saturated carbocycles. The molecule has 2 aromatic carbocycles. The number of nitrogens with zero attached hydrogens (tertiary/aromatic N) is 2. The van der Waals surface area contributed by atoms with E-state index < -0.39 is 0 Å². The number of amides is 2. The number of hydrogen-bond acceptors (Lipinski definition) is 3. The minimum Gasteiger partial charge on any atom is -0.352 e. The Morgan fingerprint density at radius 1 is 1.04 bits per heavy atom. The summed E-state index contributed by atoms with van der Waals surface area (Å²) in [5.74, 6) is -0.473. The first-order valence-corrected chi connectivity index (χ1v) is 9.26. The first kappa shape index (κ1) is 19.4. The van der Waals surface area contributed by atoms with Crippen LogP contribution in [0.25, 0.3) is 11.1 Å². The molecular weight excluding hydrogens is 352 g/mol. The van der Waals surface area contributed by atoms with Crippen LogP contribution in [-0.2, 0) is 11.3 Å². The van der Waals surface area contributed by atoms with Gasteiger partial charge in [-0.2, -0.15) is 5.10 Å². The summed E-state index contributed by atoms with van der Waals surface area (Å²) in [6, 6.07) is 17.4. The number of carbonyl (C=O) groups is 2. The average molecular weight is 376 g/mol. The van der Waals surface area contributed by atoms with Gasteiger partial charge in [-0.05, 0) is 42.7 Å². The van der Waals surface area contributed by atoms with Crippen molar-refractivity contribution in [3.8, 4) is 11.1 Å². The van der Waals surface area contributed by atoms with Crippen LogP contribution in [0.1, 0.15) is 29.8 Å². The van der Waals surface area contributed by atoms with Crippen molar-refractivity contribution in [2.75, 3.05) is 6.54 Å². The van der Waals surface area contributed by atoms with Gasteiger partial charge in [0.2, 0.25) is 5.91 Å². The SMILES string of the molecule is CC(C)NC(=O)CNC(=O)c1ccccc1-c1ccc(Cn2cccn2)cc1. The van der Waals surface area contributed by atoms with E-state index in [1.807, 2.05) is 73.3 Å². The second-order valence-corrected chi connectivity index (χ2v) is 6.85. The van der Waals surface area contributed by atoms with E-state index in [4.69, 9.17) is 0 Å². The lowest BCUT2D eigenvalue weighted by Gasteiger charge is -2.12. The first-order chi connectivity index (χ1) is 13.5. The third-order valence-corrected chi connectivity index (χ3v) is 4.20. The van der Waals surface area contributed by atoms with Gasteiger partial charge < -0.3 is 10.6 Å². The third kappa shape index (κ3) is 5.07. The zero-order chi connectivity index (χ0) is 19.9. The summed E-state index contributed by atoms with van der Waals surface area (Å²) < 4.78 is 1.86.